The van der Waals surface area contributed by atoms with Crippen LogP contribution >= 0.6 is 0 Å². The van der Waals surface area contributed by atoms with Gasteiger partial charge >= 0.3 is 0 Å². The fourth-order valence-electron chi connectivity index (χ4n) is 4.01. The number of benzene rings is 1. The second-order valence-corrected chi connectivity index (χ2v) is 7.69. The summed E-state index contributed by atoms with van der Waals surface area (Å²) in [5, 5.41) is 20.1. The van der Waals surface area contributed by atoms with Gasteiger partial charge in [-0.3, -0.25) is 14.8 Å². The number of aliphatic hydroxyl groups excluding tert-OH is 1. The first-order chi connectivity index (χ1) is 14.9. The van der Waals surface area contributed by atoms with Crippen molar-refractivity contribution < 1.29 is 24.3 Å². The van der Waals surface area contributed by atoms with Gasteiger partial charge < -0.3 is 14.6 Å². The molecule has 3 heterocycles. The summed E-state index contributed by atoms with van der Waals surface area (Å²) in [6.07, 6.45) is 4.73. The number of fused-ring (bicyclic) bond motifs is 1. The number of pyridine rings is 1. The van der Waals surface area contributed by atoms with E-state index in [-0.39, 0.29) is 30.1 Å². The highest BCUT2D eigenvalue weighted by molar-refractivity contribution is 6.08. The van der Waals surface area contributed by atoms with Crippen LogP contribution in [0.25, 0.3) is 10.9 Å². The number of rotatable bonds is 5. The highest BCUT2D eigenvalue weighted by Gasteiger charge is 2.31. The first kappa shape index (κ1) is 21.0. The van der Waals surface area contributed by atoms with Crippen LogP contribution in [0.1, 0.15) is 39.3 Å². The van der Waals surface area contributed by atoms with Gasteiger partial charge in [-0.25, -0.2) is 14.4 Å². The van der Waals surface area contributed by atoms with Gasteiger partial charge in [0.2, 0.25) is 0 Å². The number of aromatic nitrogens is 2. The predicted octanol–water partition coefficient (Wildman–Crippen LogP) is 2.28. The minimum Gasteiger partial charge on any atom is -0.394 e. The smallest absolute Gasteiger partial charge is 0.295 e. The van der Waals surface area contributed by atoms with Crippen molar-refractivity contribution >= 4 is 22.7 Å². The van der Waals surface area contributed by atoms with Gasteiger partial charge in [0.1, 0.15) is 11.5 Å². The third-order valence-corrected chi connectivity index (χ3v) is 5.63. The molecule has 2 amide bonds. The van der Waals surface area contributed by atoms with Crippen LogP contribution in [0.2, 0.25) is 0 Å². The molecule has 1 atom stereocenters. The number of hydrogen-bond acceptors (Lipinski definition) is 5. The molecule has 0 saturated carbocycles. The molecule has 1 fully saturated rings. The lowest BCUT2D eigenvalue weighted by Crippen LogP contribution is -2.37. The second-order valence-electron chi connectivity index (χ2n) is 7.69. The van der Waals surface area contributed by atoms with Crippen molar-refractivity contribution in [1.82, 2.24) is 19.5 Å². The molecule has 0 spiro atoms. The molecule has 2 N–H and O–H groups in total. The number of nitrogens with zero attached hydrogens (tertiary/aromatic N) is 4. The summed E-state index contributed by atoms with van der Waals surface area (Å²) in [6, 6.07) is 7.32. The van der Waals surface area contributed by atoms with Crippen molar-refractivity contribution in [2.24, 2.45) is 0 Å². The molecule has 31 heavy (non-hydrogen) atoms. The third kappa shape index (κ3) is 4.01. The van der Waals surface area contributed by atoms with E-state index >= 15 is 0 Å². The Hall–Kier alpha value is -3.30. The van der Waals surface area contributed by atoms with Gasteiger partial charge in [0, 0.05) is 31.7 Å². The Morgan fingerprint density at radius 2 is 2.03 bits per heavy atom. The van der Waals surface area contributed by atoms with Gasteiger partial charge in [0.25, 0.3) is 11.8 Å². The van der Waals surface area contributed by atoms with E-state index in [0.29, 0.717) is 34.6 Å². The Labute approximate surface area is 178 Å². The number of halogens is 1. The molecule has 0 aliphatic carbocycles. The summed E-state index contributed by atoms with van der Waals surface area (Å²) in [5.74, 6) is -1.26. The lowest BCUT2D eigenvalue weighted by molar-refractivity contribution is -0.0379. The van der Waals surface area contributed by atoms with E-state index in [0.717, 1.165) is 18.4 Å². The van der Waals surface area contributed by atoms with Crippen molar-refractivity contribution in [3.63, 3.8) is 0 Å². The van der Waals surface area contributed by atoms with Gasteiger partial charge in [0.05, 0.1) is 29.9 Å². The fraction of sp³-hybridized carbons (Fsp3) is 0.318. The number of aliphatic hydroxyl groups is 1. The number of carbonyl (C=O) groups excluding carboxylic acids is 2. The van der Waals surface area contributed by atoms with Crippen LogP contribution in [0.5, 0.6) is 0 Å². The average molecular weight is 426 g/mol. The van der Waals surface area contributed by atoms with E-state index in [1.807, 2.05) is 4.57 Å². The minimum absolute atomic E-state index is 0.00575. The minimum atomic E-state index is -0.694. The topological polar surface area (TPSA) is 98.9 Å². The Morgan fingerprint density at radius 1 is 1.29 bits per heavy atom. The van der Waals surface area contributed by atoms with Crippen LogP contribution in [-0.2, 0) is 6.54 Å². The first-order valence-corrected chi connectivity index (χ1v) is 10.0. The Morgan fingerprint density at radius 3 is 2.71 bits per heavy atom. The molecule has 3 aromatic rings. The van der Waals surface area contributed by atoms with Crippen LogP contribution < -0.4 is 0 Å². The quantitative estimate of drug-likeness (QED) is 0.482. The highest BCUT2D eigenvalue weighted by atomic mass is 19.1. The molecular weight excluding hydrogens is 403 g/mol. The Kier molecular flexibility index (Phi) is 5.71. The molecule has 1 aromatic carbocycles. The number of amides is 2. The normalized spacial score (nSPS) is 16.1. The maximum absolute atomic E-state index is 13.3. The van der Waals surface area contributed by atoms with Gasteiger partial charge in [-0.05, 0) is 36.6 Å². The Balaban J connectivity index is 1.80. The summed E-state index contributed by atoms with van der Waals surface area (Å²) in [7, 11) is 1.20. The Bertz CT molecular complexity index is 1130. The lowest BCUT2D eigenvalue weighted by Gasteiger charge is -2.22. The summed E-state index contributed by atoms with van der Waals surface area (Å²) < 4.78 is 15.1. The van der Waals surface area contributed by atoms with Crippen LogP contribution in [0.15, 0.2) is 42.7 Å². The average Bonchev–Trinajstić information content (AvgIpc) is 3.39. The fourth-order valence-corrected chi connectivity index (χ4v) is 4.01. The van der Waals surface area contributed by atoms with Crippen molar-refractivity contribution in [3.05, 3.63) is 65.4 Å². The largest absolute Gasteiger partial charge is 0.394 e. The maximum Gasteiger partial charge on any atom is 0.295 e. The molecule has 4 rings (SSSR count). The summed E-state index contributed by atoms with van der Waals surface area (Å²) >= 11 is 0. The first-order valence-electron chi connectivity index (χ1n) is 10.0. The van der Waals surface area contributed by atoms with Gasteiger partial charge in [0.15, 0.2) is 0 Å². The van der Waals surface area contributed by atoms with Gasteiger partial charge in [-0.15, -0.1) is 0 Å². The zero-order valence-electron chi connectivity index (χ0n) is 17.0. The molecule has 1 aliphatic heterocycles. The van der Waals surface area contributed by atoms with Crippen molar-refractivity contribution in [3.8, 4) is 0 Å². The number of carbonyl (C=O) groups is 2. The SMILES string of the molecule is CN(O)C(=O)c1cc2c(C(=O)N3CCC[C@H]3CO)cn(Cc3ccc(F)cc3)c2cn1. The molecule has 1 saturated heterocycles. The van der Waals surface area contributed by atoms with E-state index in [4.69, 9.17) is 0 Å². The number of hydroxylamine groups is 2. The summed E-state index contributed by atoms with van der Waals surface area (Å²) in [6.45, 7) is 0.813. The highest BCUT2D eigenvalue weighted by Crippen LogP contribution is 2.27. The molecule has 9 heteroatoms. The van der Waals surface area contributed by atoms with Gasteiger partial charge in [-0.1, -0.05) is 12.1 Å². The molecule has 0 radical (unpaired) electrons. The molecule has 2 aromatic heterocycles. The molecule has 162 valence electrons. The monoisotopic (exact) mass is 426 g/mol. The maximum atomic E-state index is 13.3. The molecule has 8 nitrogen and oxygen atoms in total. The molecule has 0 unspecified atom stereocenters. The van der Waals surface area contributed by atoms with Crippen molar-refractivity contribution in [1.29, 1.82) is 0 Å². The zero-order chi connectivity index (χ0) is 22.1. The lowest BCUT2D eigenvalue weighted by atomic mass is 10.1. The second kappa shape index (κ2) is 8.44. The van der Waals surface area contributed by atoms with Crippen LogP contribution in [0, 0.1) is 5.82 Å². The van der Waals surface area contributed by atoms with Crippen LogP contribution in [0.3, 0.4) is 0 Å². The summed E-state index contributed by atoms with van der Waals surface area (Å²) in [5.41, 5.74) is 1.85. The number of hydrogen-bond donors (Lipinski definition) is 2. The molecule has 0 bridgehead atoms. The predicted molar refractivity (Wildman–Crippen MR) is 110 cm³/mol. The van der Waals surface area contributed by atoms with E-state index in [2.05, 4.69) is 4.98 Å². The van der Waals surface area contributed by atoms with Crippen LogP contribution in [0.4, 0.5) is 4.39 Å². The van der Waals surface area contributed by atoms with Crippen LogP contribution in [-0.4, -0.2) is 67.9 Å². The molecular formula is C22H23FN4O4. The number of likely N-dealkylation sites (tertiary alicyclic amines) is 1. The van der Waals surface area contributed by atoms with E-state index in [9.17, 15) is 24.3 Å². The van der Waals surface area contributed by atoms with Crippen molar-refractivity contribution in [2.75, 3.05) is 20.2 Å². The summed E-state index contributed by atoms with van der Waals surface area (Å²) in [4.78, 5) is 31.3. The van der Waals surface area contributed by atoms with Gasteiger partial charge in [-0.2, -0.15) is 0 Å². The standard InChI is InChI=1S/C22H23FN4O4/c1-25(31)22(30)19-9-17-18(21(29)27-8-2-3-16(27)13-28)12-26(20(17)10-24-19)11-14-4-6-15(23)7-5-14/h4-7,9-10,12,16,28,31H,2-3,8,11,13H2,1H3/t16-/m0/s1. The molecule has 1 aliphatic rings. The third-order valence-electron chi connectivity index (χ3n) is 5.63. The zero-order valence-corrected chi connectivity index (χ0v) is 17.0. The van der Waals surface area contributed by atoms with E-state index in [1.165, 1.54) is 31.4 Å². The van der Waals surface area contributed by atoms with Crippen molar-refractivity contribution in [2.45, 2.75) is 25.4 Å². The van der Waals surface area contributed by atoms with E-state index < -0.39 is 5.91 Å². The van der Waals surface area contributed by atoms with E-state index in [1.54, 1.807) is 23.2 Å².